The summed E-state index contributed by atoms with van der Waals surface area (Å²) in [4.78, 5) is 9.70. The smallest absolute Gasteiger partial charge is 0.145 e. The van der Waals surface area contributed by atoms with Gasteiger partial charge in [0.25, 0.3) is 0 Å². The molecule has 0 aliphatic carbocycles. The number of hydrogen-bond acceptors (Lipinski definition) is 2. The summed E-state index contributed by atoms with van der Waals surface area (Å²) < 4.78 is 6.95. The third-order valence-corrected chi connectivity index (χ3v) is 8.92. The lowest BCUT2D eigenvalue weighted by molar-refractivity contribution is 1.17. The number of rotatable bonds is 2. The van der Waals surface area contributed by atoms with Gasteiger partial charge in [0, 0.05) is 62.3 Å². The summed E-state index contributed by atoms with van der Waals surface area (Å²) in [6, 6.07) is 43.4. The highest BCUT2D eigenvalue weighted by atomic mass is 15.0. The van der Waals surface area contributed by atoms with Gasteiger partial charge < -0.3 is 9.13 Å². The highest BCUT2D eigenvalue weighted by molar-refractivity contribution is 6.31. The normalized spacial score (nSPS) is 12.2. The standard InChI is InChI=1S/C38H23N5/c1-3-10-24(11-4-1)42-30-15-8-7-14-26(30)35-31(42)17-18-32-36(35)29-22-28-27(23-34(29)43(32)25-12-5-2-6-13-25)37-33(16-9-19-39-37)41-21-20-40-38(28)41/h1-23H. The molecule has 200 valence electrons. The molecule has 0 aliphatic rings. The number of fused-ring (bicyclic) bond motifs is 13. The first-order chi connectivity index (χ1) is 21.4. The Morgan fingerprint density at radius 3 is 1.84 bits per heavy atom. The van der Waals surface area contributed by atoms with E-state index < -0.39 is 0 Å². The van der Waals surface area contributed by atoms with Gasteiger partial charge in [-0.2, -0.15) is 0 Å². The van der Waals surface area contributed by atoms with E-state index in [1.165, 1.54) is 38.1 Å². The van der Waals surface area contributed by atoms with Crippen molar-refractivity contribution in [3.8, 4) is 11.4 Å². The van der Waals surface area contributed by atoms with Crippen LogP contribution in [-0.4, -0.2) is 23.5 Å². The molecule has 0 atom stereocenters. The van der Waals surface area contributed by atoms with E-state index in [1.54, 1.807) is 0 Å². The Morgan fingerprint density at radius 2 is 1.07 bits per heavy atom. The van der Waals surface area contributed by atoms with E-state index in [0.29, 0.717) is 0 Å². The maximum absolute atomic E-state index is 4.87. The van der Waals surface area contributed by atoms with Crippen molar-refractivity contribution in [3.05, 3.63) is 140 Å². The van der Waals surface area contributed by atoms with Crippen LogP contribution in [-0.2, 0) is 0 Å². The molecule has 0 saturated carbocycles. The molecule has 0 bridgehead atoms. The summed E-state index contributed by atoms with van der Waals surface area (Å²) in [5.74, 6) is 0. The third-order valence-electron chi connectivity index (χ3n) is 8.92. The minimum absolute atomic E-state index is 0.942. The van der Waals surface area contributed by atoms with Gasteiger partial charge in [-0.1, -0.05) is 54.6 Å². The average Bonchev–Trinajstić information content (AvgIpc) is 3.78. The van der Waals surface area contributed by atoms with Crippen LogP contribution in [0.25, 0.3) is 82.4 Å². The van der Waals surface area contributed by atoms with Crippen molar-refractivity contribution in [2.75, 3.05) is 0 Å². The number of benzene rings is 5. The van der Waals surface area contributed by atoms with Crippen LogP contribution in [0.15, 0.2) is 140 Å². The zero-order valence-electron chi connectivity index (χ0n) is 23.0. The minimum Gasteiger partial charge on any atom is -0.309 e. The zero-order chi connectivity index (χ0) is 28.1. The van der Waals surface area contributed by atoms with E-state index in [2.05, 4.69) is 129 Å². The maximum Gasteiger partial charge on any atom is 0.145 e. The van der Waals surface area contributed by atoms with Crippen LogP contribution in [0.1, 0.15) is 0 Å². The molecular formula is C38H23N5. The maximum atomic E-state index is 4.87. The summed E-state index contributed by atoms with van der Waals surface area (Å²) in [5.41, 5.74) is 9.98. The molecule has 5 nitrogen and oxygen atoms in total. The van der Waals surface area contributed by atoms with Crippen LogP contribution in [0.3, 0.4) is 0 Å². The SMILES string of the molecule is c1ccc(-n2c3ccccc3c3c4c5cc6c(cc5n(-c5ccccc5)c4ccc32)c2ncccc2n2ccnc62)cc1. The lowest BCUT2D eigenvalue weighted by Crippen LogP contribution is -1.95. The number of para-hydroxylation sites is 3. The number of pyridine rings is 2. The van der Waals surface area contributed by atoms with E-state index in [1.807, 2.05) is 24.7 Å². The van der Waals surface area contributed by atoms with Gasteiger partial charge >= 0.3 is 0 Å². The van der Waals surface area contributed by atoms with Crippen LogP contribution in [0.2, 0.25) is 0 Å². The molecule has 5 aromatic carbocycles. The van der Waals surface area contributed by atoms with Gasteiger partial charge in [0.1, 0.15) is 5.65 Å². The third kappa shape index (κ3) is 2.95. The predicted molar refractivity (Wildman–Crippen MR) is 177 cm³/mol. The Bertz CT molecular complexity index is 2710. The molecular weight excluding hydrogens is 526 g/mol. The Kier molecular flexibility index (Phi) is 4.39. The largest absolute Gasteiger partial charge is 0.309 e. The molecule has 0 radical (unpaired) electrons. The van der Waals surface area contributed by atoms with Crippen LogP contribution >= 0.6 is 0 Å². The van der Waals surface area contributed by atoms with E-state index in [9.17, 15) is 0 Å². The van der Waals surface area contributed by atoms with Crippen LogP contribution in [0.5, 0.6) is 0 Å². The van der Waals surface area contributed by atoms with Crippen LogP contribution < -0.4 is 0 Å². The first kappa shape index (κ1) is 22.7. The first-order valence-corrected chi connectivity index (χ1v) is 14.5. The van der Waals surface area contributed by atoms with E-state index in [0.717, 1.165) is 44.3 Å². The first-order valence-electron chi connectivity index (χ1n) is 14.5. The molecule has 5 heteroatoms. The molecule has 5 heterocycles. The molecule has 43 heavy (non-hydrogen) atoms. The molecule has 5 aromatic heterocycles. The van der Waals surface area contributed by atoms with Gasteiger partial charge in [-0.3, -0.25) is 9.38 Å². The summed E-state index contributed by atoms with van der Waals surface area (Å²) in [6.45, 7) is 0. The van der Waals surface area contributed by atoms with Crippen LogP contribution in [0.4, 0.5) is 0 Å². The Balaban J connectivity index is 1.49. The Hall–Kier alpha value is -5.94. The van der Waals surface area contributed by atoms with Gasteiger partial charge in [-0.25, -0.2) is 4.98 Å². The molecule has 10 aromatic rings. The zero-order valence-corrected chi connectivity index (χ0v) is 23.0. The van der Waals surface area contributed by atoms with E-state index >= 15 is 0 Å². The number of hydrogen-bond donors (Lipinski definition) is 0. The van der Waals surface area contributed by atoms with Crippen LogP contribution in [0, 0.1) is 0 Å². The topological polar surface area (TPSA) is 40.0 Å². The van der Waals surface area contributed by atoms with Gasteiger partial charge in [0.05, 0.1) is 33.1 Å². The van der Waals surface area contributed by atoms with Gasteiger partial charge in [0.2, 0.25) is 0 Å². The Labute approximate surface area is 245 Å². The van der Waals surface area contributed by atoms with Crippen molar-refractivity contribution in [3.63, 3.8) is 0 Å². The molecule has 0 fully saturated rings. The van der Waals surface area contributed by atoms with Crippen molar-refractivity contribution in [1.29, 1.82) is 0 Å². The van der Waals surface area contributed by atoms with Crippen molar-refractivity contribution < 1.29 is 0 Å². The molecule has 0 spiro atoms. The molecule has 0 N–H and O–H groups in total. The second-order valence-corrected chi connectivity index (χ2v) is 11.1. The minimum atomic E-state index is 0.942. The summed E-state index contributed by atoms with van der Waals surface area (Å²) in [7, 11) is 0. The highest BCUT2D eigenvalue weighted by Gasteiger charge is 2.22. The summed E-state index contributed by atoms with van der Waals surface area (Å²) >= 11 is 0. The number of imidazole rings is 1. The highest BCUT2D eigenvalue weighted by Crippen LogP contribution is 2.44. The summed E-state index contributed by atoms with van der Waals surface area (Å²) in [5, 5.41) is 7.15. The fraction of sp³-hybridized carbons (Fsp3) is 0. The second-order valence-electron chi connectivity index (χ2n) is 11.1. The predicted octanol–water partition coefficient (Wildman–Crippen LogP) is 9.23. The monoisotopic (exact) mass is 549 g/mol. The fourth-order valence-electron chi connectivity index (χ4n) is 7.20. The second kappa shape index (κ2) is 8.30. The lowest BCUT2D eigenvalue weighted by Gasteiger charge is -2.10. The van der Waals surface area contributed by atoms with E-state index in [-0.39, 0.29) is 0 Å². The molecule has 10 rings (SSSR count). The van der Waals surface area contributed by atoms with E-state index in [4.69, 9.17) is 9.97 Å². The van der Waals surface area contributed by atoms with Crippen molar-refractivity contribution in [2.24, 2.45) is 0 Å². The van der Waals surface area contributed by atoms with Gasteiger partial charge in [-0.15, -0.1) is 0 Å². The van der Waals surface area contributed by atoms with Crippen molar-refractivity contribution in [1.82, 2.24) is 23.5 Å². The van der Waals surface area contributed by atoms with Gasteiger partial charge in [0.15, 0.2) is 0 Å². The fourth-order valence-corrected chi connectivity index (χ4v) is 7.20. The summed E-state index contributed by atoms with van der Waals surface area (Å²) in [6.07, 6.45) is 5.79. The van der Waals surface area contributed by atoms with Gasteiger partial charge in [-0.05, 0) is 66.7 Å². The number of aromatic nitrogens is 5. The lowest BCUT2D eigenvalue weighted by atomic mass is 10.0. The molecule has 0 amide bonds. The number of nitrogens with zero attached hydrogens (tertiary/aromatic N) is 5. The molecule has 0 unspecified atom stereocenters. The average molecular weight is 550 g/mol. The quantitative estimate of drug-likeness (QED) is 0.202. The Morgan fingerprint density at radius 1 is 0.419 bits per heavy atom. The molecule has 0 saturated heterocycles. The molecule has 0 aliphatic heterocycles. The van der Waals surface area contributed by atoms with Crippen molar-refractivity contribution in [2.45, 2.75) is 0 Å². The van der Waals surface area contributed by atoms with Crippen molar-refractivity contribution >= 4 is 71.1 Å².